The van der Waals surface area contributed by atoms with E-state index >= 15 is 0 Å². The predicted octanol–water partition coefficient (Wildman–Crippen LogP) is 9.17. The van der Waals surface area contributed by atoms with Gasteiger partial charge in [0.15, 0.2) is 6.10 Å². The SMILES string of the molecule is CC/C=C/C/C=C/C/C=C/CCCCCCCC(=O)O[C@@H](COC(=O)CCCCCCCCCCC/C=C/CCCCCC)COP(=O)(O)OC1C(O)C(O)C(O)[C@H](O)C1O. The lowest BCUT2D eigenvalue weighted by atomic mass is 9.85. The number of hydrogen-bond acceptors (Lipinski definition) is 12. The number of unbranched alkanes of at least 4 members (excludes halogenated alkanes) is 18. The molecule has 0 aliphatic heterocycles. The molecule has 1 aliphatic carbocycles. The molecule has 6 unspecified atom stereocenters. The fraction of sp³-hybridized carbons (Fsp3) is 0.787. The van der Waals surface area contributed by atoms with Crippen molar-refractivity contribution in [3.05, 3.63) is 48.6 Å². The second kappa shape index (κ2) is 37.2. The van der Waals surface area contributed by atoms with Crippen LogP contribution in [0.25, 0.3) is 0 Å². The number of phosphoric acid groups is 1. The van der Waals surface area contributed by atoms with Gasteiger partial charge in [-0.1, -0.05) is 146 Å². The molecule has 6 N–H and O–H groups in total. The average Bonchev–Trinajstić information content (AvgIpc) is 3.24. The lowest BCUT2D eigenvalue weighted by molar-refractivity contribution is -0.220. The Morgan fingerprint density at radius 2 is 0.934 bits per heavy atom. The van der Waals surface area contributed by atoms with Gasteiger partial charge in [-0.05, 0) is 70.6 Å². The molecule has 61 heavy (non-hydrogen) atoms. The van der Waals surface area contributed by atoms with Crippen molar-refractivity contribution in [3.63, 3.8) is 0 Å². The topological polar surface area (TPSA) is 210 Å². The quantitative estimate of drug-likeness (QED) is 0.0148. The molecule has 1 saturated carbocycles. The molecule has 1 aliphatic rings. The van der Waals surface area contributed by atoms with Crippen LogP contribution < -0.4 is 0 Å². The first-order chi connectivity index (χ1) is 29.4. The van der Waals surface area contributed by atoms with Crippen molar-refractivity contribution >= 4 is 19.8 Å². The standard InChI is InChI=1S/C47H83O13P/c1-3-5-7-9-11-13-15-17-19-20-22-23-25-27-29-31-33-35-40(48)57-37-39(38-58-61(55,56)60-47-45(53)43(51)42(50)44(52)46(47)54)59-41(49)36-34-32-30-28-26-24-21-18-16-14-12-10-8-6-4-2/h6,8,12-15,18,21,39,42-47,50-54H,3-5,7,9-11,16-17,19-20,22-38H2,1-2H3,(H,55,56)/b8-6+,14-12+,15-13+,21-18+/t39-,42?,43-,44?,45?,46?,47?/m0/s1. The van der Waals surface area contributed by atoms with Crippen LogP contribution in [0, 0.1) is 0 Å². The number of allylic oxidation sites excluding steroid dienone is 8. The number of aliphatic hydroxyl groups excluding tert-OH is 5. The highest BCUT2D eigenvalue weighted by Gasteiger charge is 2.51. The molecule has 13 nitrogen and oxygen atoms in total. The minimum absolute atomic E-state index is 0.0760. The molecular weight excluding hydrogens is 803 g/mol. The van der Waals surface area contributed by atoms with Crippen molar-refractivity contribution in [3.8, 4) is 0 Å². The molecule has 0 heterocycles. The molecule has 0 bridgehead atoms. The molecule has 0 amide bonds. The predicted molar refractivity (Wildman–Crippen MR) is 239 cm³/mol. The number of aliphatic hydroxyl groups is 5. The number of esters is 2. The third kappa shape index (κ3) is 29.7. The van der Waals surface area contributed by atoms with Crippen molar-refractivity contribution in [1.82, 2.24) is 0 Å². The highest BCUT2D eigenvalue weighted by molar-refractivity contribution is 7.47. The first-order valence-electron chi connectivity index (χ1n) is 23.4. The number of carbonyl (C=O) groups excluding carboxylic acids is 2. The van der Waals surface area contributed by atoms with Crippen molar-refractivity contribution in [1.29, 1.82) is 0 Å². The third-order valence-electron chi connectivity index (χ3n) is 10.7. The molecule has 1 rings (SSSR count). The van der Waals surface area contributed by atoms with E-state index < -0.39 is 75.7 Å². The maximum Gasteiger partial charge on any atom is 0.472 e. The fourth-order valence-corrected chi connectivity index (χ4v) is 7.86. The van der Waals surface area contributed by atoms with Gasteiger partial charge in [0.25, 0.3) is 0 Å². The normalized spacial score (nSPS) is 22.4. The van der Waals surface area contributed by atoms with Gasteiger partial charge in [0.05, 0.1) is 6.61 Å². The van der Waals surface area contributed by atoms with Crippen LogP contribution in [0.3, 0.4) is 0 Å². The number of phosphoric ester groups is 1. The molecule has 0 aromatic carbocycles. The van der Waals surface area contributed by atoms with Crippen molar-refractivity contribution in [2.75, 3.05) is 13.2 Å². The molecule has 0 saturated heterocycles. The van der Waals surface area contributed by atoms with Crippen molar-refractivity contribution in [2.24, 2.45) is 0 Å². The van der Waals surface area contributed by atoms with Crippen LogP contribution in [-0.4, -0.2) is 98.3 Å². The Bertz CT molecular complexity index is 1250. The van der Waals surface area contributed by atoms with Gasteiger partial charge in [-0.2, -0.15) is 0 Å². The van der Waals surface area contributed by atoms with Crippen LogP contribution in [0.15, 0.2) is 48.6 Å². The first-order valence-corrected chi connectivity index (χ1v) is 24.9. The van der Waals surface area contributed by atoms with Gasteiger partial charge in [0, 0.05) is 12.8 Å². The largest absolute Gasteiger partial charge is 0.472 e. The fourth-order valence-electron chi connectivity index (χ4n) is 6.88. The second-order valence-electron chi connectivity index (χ2n) is 16.2. The zero-order chi connectivity index (χ0) is 45.0. The summed E-state index contributed by atoms with van der Waals surface area (Å²) in [5.41, 5.74) is 0. The zero-order valence-electron chi connectivity index (χ0n) is 37.4. The minimum Gasteiger partial charge on any atom is -0.462 e. The van der Waals surface area contributed by atoms with Crippen LogP contribution >= 0.6 is 7.82 Å². The summed E-state index contributed by atoms with van der Waals surface area (Å²) >= 11 is 0. The Hall–Kier alpha value is -2.19. The summed E-state index contributed by atoms with van der Waals surface area (Å²) in [5, 5.41) is 50.1. The zero-order valence-corrected chi connectivity index (χ0v) is 38.3. The summed E-state index contributed by atoms with van der Waals surface area (Å²) < 4.78 is 33.5. The van der Waals surface area contributed by atoms with Gasteiger partial charge in [-0.15, -0.1) is 0 Å². The van der Waals surface area contributed by atoms with Gasteiger partial charge >= 0.3 is 19.8 Å². The summed E-state index contributed by atoms with van der Waals surface area (Å²) in [7, 11) is -5.12. The summed E-state index contributed by atoms with van der Waals surface area (Å²) in [6, 6.07) is 0. The Kier molecular flexibility index (Phi) is 34.7. The highest BCUT2D eigenvalue weighted by Crippen LogP contribution is 2.47. The third-order valence-corrected chi connectivity index (χ3v) is 11.6. The van der Waals surface area contributed by atoms with E-state index in [0.29, 0.717) is 12.8 Å². The van der Waals surface area contributed by atoms with Gasteiger partial charge in [0.2, 0.25) is 0 Å². The van der Waals surface area contributed by atoms with E-state index in [0.717, 1.165) is 77.0 Å². The first kappa shape index (κ1) is 56.8. The van der Waals surface area contributed by atoms with Crippen molar-refractivity contribution < 1.29 is 63.1 Å². The summed E-state index contributed by atoms with van der Waals surface area (Å²) in [4.78, 5) is 35.7. The maximum absolute atomic E-state index is 12.8. The van der Waals surface area contributed by atoms with E-state index in [-0.39, 0.29) is 12.8 Å². The van der Waals surface area contributed by atoms with E-state index in [4.69, 9.17) is 18.5 Å². The molecule has 0 spiro atoms. The number of ether oxygens (including phenoxy) is 2. The molecule has 1 fully saturated rings. The summed E-state index contributed by atoms with van der Waals surface area (Å²) in [5.74, 6) is -1.12. The Labute approximate surface area is 367 Å². The monoisotopic (exact) mass is 887 g/mol. The van der Waals surface area contributed by atoms with Crippen LogP contribution in [0.4, 0.5) is 0 Å². The van der Waals surface area contributed by atoms with Crippen LogP contribution in [0.2, 0.25) is 0 Å². The van der Waals surface area contributed by atoms with E-state index in [1.165, 1.54) is 64.2 Å². The van der Waals surface area contributed by atoms with E-state index in [2.05, 4.69) is 62.5 Å². The number of rotatable bonds is 38. The van der Waals surface area contributed by atoms with E-state index in [1.807, 2.05) is 0 Å². The van der Waals surface area contributed by atoms with Crippen molar-refractivity contribution in [2.45, 2.75) is 224 Å². The second-order valence-corrected chi connectivity index (χ2v) is 17.6. The maximum atomic E-state index is 12.8. The lowest BCUT2D eigenvalue weighted by Gasteiger charge is -2.41. The molecule has 14 heteroatoms. The smallest absolute Gasteiger partial charge is 0.462 e. The van der Waals surface area contributed by atoms with E-state index in [1.54, 1.807) is 0 Å². The van der Waals surface area contributed by atoms with Gasteiger partial charge in [0.1, 0.15) is 43.2 Å². The molecule has 8 atom stereocenters. The van der Waals surface area contributed by atoms with Crippen LogP contribution in [-0.2, 0) is 32.7 Å². The lowest BCUT2D eigenvalue weighted by Crippen LogP contribution is -2.64. The van der Waals surface area contributed by atoms with E-state index in [9.17, 15) is 44.6 Å². The highest BCUT2D eigenvalue weighted by atomic mass is 31.2. The Balaban J connectivity index is 2.46. The summed E-state index contributed by atoms with van der Waals surface area (Å²) in [6.07, 6.45) is 30.2. The molecule has 0 aromatic heterocycles. The number of carbonyl (C=O) groups is 2. The molecule has 0 radical (unpaired) electrons. The minimum atomic E-state index is -5.12. The number of hydrogen-bond donors (Lipinski definition) is 6. The Morgan fingerprint density at radius 1 is 0.525 bits per heavy atom. The molecule has 0 aromatic rings. The molecule has 354 valence electrons. The van der Waals surface area contributed by atoms with Crippen LogP contribution in [0.5, 0.6) is 0 Å². The molecular formula is C47H83O13P. The van der Waals surface area contributed by atoms with Gasteiger partial charge in [-0.3, -0.25) is 18.6 Å². The summed E-state index contributed by atoms with van der Waals surface area (Å²) in [6.45, 7) is 3.16. The Morgan fingerprint density at radius 3 is 1.44 bits per heavy atom. The van der Waals surface area contributed by atoms with Crippen LogP contribution in [0.1, 0.15) is 181 Å². The average molecular weight is 887 g/mol. The van der Waals surface area contributed by atoms with Gasteiger partial charge in [-0.25, -0.2) is 4.57 Å². The van der Waals surface area contributed by atoms with Gasteiger partial charge < -0.3 is 39.9 Å².